The van der Waals surface area contributed by atoms with E-state index in [0.717, 1.165) is 6.42 Å². The maximum Gasteiger partial charge on any atom is 0.211 e. The molecule has 0 aliphatic carbocycles. The van der Waals surface area contributed by atoms with E-state index in [-0.39, 0.29) is 0 Å². The number of unbranched alkanes of at least 4 members (excludes halogenated alkanes) is 9. The van der Waals surface area contributed by atoms with E-state index in [1.165, 1.54) is 57.8 Å². The summed E-state index contributed by atoms with van der Waals surface area (Å²) in [6, 6.07) is 0. The fraction of sp³-hybridized carbons (Fsp3) is 1.00. The molecule has 0 saturated carbocycles. The average Bonchev–Trinajstić information content (AvgIpc) is 2.26. The summed E-state index contributed by atoms with van der Waals surface area (Å²) < 4.78 is 9.09. The van der Waals surface area contributed by atoms with Gasteiger partial charge in [0.05, 0.1) is 0 Å². The summed E-state index contributed by atoms with van der Waals surface area (Å²) in [4.78, 5) is 0. The number of halogens is 2. The van der Waals surface area contributed by atoms with Gasteiger partial charge in [-0.05, 0) is 6.42 Å². The molecule has 0 amide bonds. The first-order chi connectivity index (χ1) is 8.15. The lowest BCUT2D eigenvalue weighted by Gasteiger charge is -2.00. The fourth-order valence-corrected chi connectivity index (χ4v) is 1.60. The Morgan fingerprint density at radius 2 is 1.12 bits per heavy atom. The molecule has 0 aromatic carbocycles. The third-order valence-corrected chi connectivity index (χ3v) is 2.51. The zero-order valence-corrected chi connectivity index (χ0v) is 13.1. The van der Waals surface area contributed by atoms with Gasteiger partial charge in [0.1, 0.15) is 0 Å². The van der Waals surface area contributed by atoms with Crippen molar-refractivity contribution in [3.63, 3.8) is 0 Å². The summed E-state index contributed by atoms with van der Waals surface area (Å²) in [5.41, 5.74) is 0. The summed E-state index contributed by atoms with van der Waals surface area (Å²) >= 11 is 0. The monoisotopic (exact) mass is 304 g/mol. The minimum Gasteiger partial charge on any atom is -0.396 e. The number of hydrogen-bond donors (Lipinski definition) is 1. The molecule has 0 aliphatic heterocycles. The quantitative estimate of drug-likeness (QED) is 0.458. The van der Waals surface area contributed by atoms with Crippen molar-refractivity contribution < 1.29 is 9.32 Å². The van der Waals surface area contributed by atoms with Crippen molar-refractivity contribution in [2.45, 2.75) is 71.1 Å². The van der Waals surface area contributed by atoms with E-state index in [1.54, 1.807) is 0 Å². The molecule has 0 bridgehead atoms. The van der Waals surface area contributed by atoms with E-state index in [1.807, 2.05) is 0 Å². The van der Waals surface area contributed by atoms with E-state index in [0.29, 0.717) is 6.61 Å². The Bertz CT molecular complexity index is 143. The van der Waals surface area contributed by atoms with Gasteiger partial charge in [0, 0.05) is 28.0 Å². The van der Waals surface area contributed by atoms with Crippen LogP contribution in [0.1, 0.15) is 71.1 Å². The molecule has 0 heterocycles. The number of aliphatic hydroxyl groups excluding tert-OH is 1. The summed E-state index contributed by atoms with van der Waals surface area (Å²) in [6.07, 6.45) is 13.3. The Kier molecular flexibility index (Phi) is 22.4. The average molecular weight is 305 g/mol. The van der Waals surface area contributed by atoms with Gasteiger partial charge in [0.25, 0.3) is 0 Å². The highest BCUT2D eigenvalue weighted by atomic mass is 36.0. The molecule has 106 valence electrons. The first kappa shape index (κ1) is 20.0. The number of aliphatic hydroxyl groups is 1. The highest BCUT2D eigenvalue weighted by Crippen LogP contribution is 2.09. The van der Waals surface area contributed by atoms with Crippen molar-refractivity contribution in [2.24, 2.45) is 0 Å². The van der Waals surface area contributed by atoms with Crippen molar-refractivity contribution in [3.05, 3.63) is 0 Å². The first-order valence-electron chi connectivity index (χ1n) is 6.50. The third-order valence-electron chi connectivity index (χ3n) is 2.51. The molecule has 0 rings (SSSR count). The summed E-state index contributed by atoms with van der Waals surface area (Å²) in [7, 11) is 7.36. The van der Waals surface area contributed by atoms with Crippen LogP contribution in [0.15, 0.2) is 0 Å². The lowest BCUT2D eigenvalue weighted by atomic mass is 10.1. The number of rotatable bonds is 10. The minimum atomic E-state index is -1.67. The van der Waals surface area contributed by atoms with Crippen LogP contribution in [0.3, 0.4) is 0 Å². The zero-order valence-electron chi connectivity index (χ0n) is 10.8. The highest BCUT2D eigenvalue weighted by Gasteiger charge is 1.91. The van der Waals surface area contributed by atoms with E-state index >= 15 is 0 Å². The van der Waals surface area contributed by atoms with E-state index in [4.69, 9.17) is 9.32 Å². The predicted molar refractivity (Wildman–Crippen MR) is 78.8 cm³/mol. The van der Waals surface area contributed by atoms with Gasteiger partial charge in [-0.15, -0.1) is 0 Å². The summed E-state index contributed by atoms with van der Waals surface area (Å²) in [5.74, 6) is 0. The van der Waals surface area contributed by atoms with Crippen LogP contribution in [0.5, 0.6) is 0 Å². The number of hydrogen-bond acceptors (Lipinski definition) is 2. The molecule has 0 saturated heterocycles. The lowest BCUT2D eigenvalue weighted by Crippen LogP contribution is -1.84. The van der Waals surface area contributed by atoms with E-state index in [9.17, 15) is 0 Å². The Morgan fingerprint density at radius 3 is 1.41 bits per heavy atom. The maximum absolute atomic E-state index is 9.09. The van der Waals surface area contributed by atoms with Crippen molar-refractivity contribution in [1.29, 1.82) is 0 Å². The normalized spacial score (nSPS) is 10.2. The largest absolute Gasteiger partial charge is 0.396 e. The topological polar surface area (TPSA) is 37.3 Å². The van der Waals surface area contributed by atoms with Gasteiger partial charge in [-0.3, -0.25) is 0 Å². The Hall–Kier alpha value is 0.690. The zero-order chi connectivity index (χ0) is 13.4. The third kappa shape index (κ3) is 31.5. The molecule has 0 fully saturated rings. The molecule has 0 aromatic rings. The molecule has 0 atom stereocenters. The van der Waals surface area contributed by atoms with Gasteiger partial charge in [0.2, 0.25) is 9.23 Å². The van der Waals surface area contributed by atoms with Crippen LogP contribution in [-0.4, -0.2) is 15.9 Å². The molecular weight excluding hydrogens is 279 g/mol. The lowest BCUT2D eigenvalue weighted by molar-refractivity contribution is 0.282. The predicted octanol–water partition coefficient (Wildman–Crippen LogP) is 4.94. The molecule has 17 heavy (non-hydrogen) atoms. The van der Waals surface area contributed by atoms with Crippen LogP contribution < -0.4 is 0 Å². The van der Waals surface area contributed by atoms with Crippen molar-refractivity contribution >= 4 is 30.6 Å². The second-order valence-corrected chi connectivity index (χ2v) is 6.61. The van der Waals surface area contributed by atoms with E-state index < -0.39 is 9.23 Å². The van der Waals surface area contributed by atoms with Crippen LogP contribution >= 0.6 is 21.4 Å². The molecular formula is C12H26Cl2O2S. The Labute approximate surface area is 118 Å². The minimum absolute atomic E-state index is 0.372. The highest BCUT2D eigenvalue weighted by molar-refractivity contribution is 8.26. The van der Waals surface area contributed by atoms with Gasteiger partial charge < -0.3 is 5.11 Å². The van der Waals surface area contributed by atoms with Gasteiger partial charge in [-0.2, -0.15) is 0 Å². The molecule has 0 spiro atoms. The fourth-order valence-electron chi connectivity index (χ4n) is 1.60. The second kappa shape index (κ2) is 19.0. The Balaban J connectivity index is 0. The van der Waals surface area contributed by atoms with Crippen molar-refractivity contribution in [3.8, 4) is 0 Å². The smallest absolute Gasteiger partial charge is 0.211 e. The van der Waals surface area contributed by atoms with Gasteiger partial charge in [-0.1, -0.05) is 64.7 Å². The van der Waals surface area contributed by atoms with E-state index in [2.05, 4.69) is 28.3 Å². The van der Waals surface area contributed by atoms with Crippen LogP contribution in [0.4, 0.5) is 0 Å². The van der Waals surface area contributed by atoms with Crippen LogP contribution in [-0.2, 0) is 9.23 Å². The van der Waals surface area contributed by atoms with Crippen LogP contribution in [0.25, 0.3) is 0 Å². The van der Waals surface area contributed by atoms with Gasteiger partial charge >= 0.3 is 0 Å². The molecule has 0 aromatic heterocycles. The standard InChI is InChI=1S/C12H26O.Cl2OS/c1-2-3-4-5-6-7-8-9-10-11-12-13;1-4(2)3/h13H,2-12H2,1H3;. The second-order valence-electron chi connectivity index (χ2n) is 4.09. The van der Waals surface area contributed by atoms with Gasteiger partial charge in [0.15, 0.2) is 0 Å². The molecule has 0 radical (unpaired) electrons. The maximum atomic E-state index is 9.09. The van der Waals surface area contributed by atoms with Crippen LogP contribution in [0.2, 0.25) is 0 Å². The Morgan fingerprint density at radius 1 is 0.824 bits per heavy atom. The SMILES string of the molecule is CCCCCCCCCCCCO.O=S(Cl)Cl. The van der Waals surface area contributed by atoms with Crippen molar-refractivity contribution in [1.82, 2.24) is 0 Å². The molecule has 0 aliphatic rings. The van der Waals surface area contributed by atoms with Crippen molar-refractivity contribution in [2.75, 3.05) is 6.61 Å². The first-order valence-corrected chi connectivity index (χ1v) is 9.30. The summed E-state index contributed by atoms with van der Waals surface area (Å²) in [5, 5.41) is 8.57. The molecule has 2 nitrogen and oxygen atoms in total. The molecule has 5 heteroatoms. The van der Waals surface area contributed by atoms with Crippen LogP contribution in [0, 0.1) is 0 Å². The van der Waals surface area contributed by atoms with Gasteiger partial charge in [-0.25, -0.2) is 4.21 Å². The molecule has 1 N–H and O–H groups in total. The molecule has 0 unspecified atom stereocenters. The summed E-state index contributed by atoms with van der Waals surface area (Å²) in [6.45, 7) is 2.63.